The third-order valence-electron chi connectivity index (χ3n) is 1.87. The SMILES string of the molecule is COc1cc(CBr)cc2c1OCO2. The van der Waals surface area contributed by atoms with E-state index >= 15 is 0 Å². The summed E-state index contributed by atoms with van der Waals surface area (Å²) < 4.78 is 15.7. The van der Waals surface area contributed by atoms with Gasteiger partial charge in [-0.3, -0.25) is 0 Å². The Balaban J connectivity index is 2.49. The number of ether oxygens (including phenoxy) is 3. The van der Waals surface area contributed by atoms with Crippen molar-refractivity contribution in [2.75, 3.05) is 13.9 Å². The molecule has 1 aromatic rings. The maximum atomic E-state index is 5.26. The van der Waals surface area contributed by atoms with Crippen molar-refractivity contribution in [1.82, 2.24) is 0 Å². The Labute approximate surface area is 84.7 Å². The maximum absolute atomic E-state index is 5.26. The van der Waals surface area contributed by atoms with E-state index in [0.717, 1.165) is 22.4 Å². The number of methoxy groups -OCH3 is 1. The third kappa shape index (κ3) is 1.46. The minimum Gasteiger partial charge on any atom is -0.493 e. The lowest BCUT2D eigenvalue weighted by Crippen LogP contribution is -1.93. The first-order chi connectivity index (χ1) is 6.35. The zero-order valence-electron chi connectivity index (χ0n) is 7.17. The van der Waals surface area contributed by atoms with E-state index in [2.05, 4.69) is 15.9 Å². The van der Waals surface area contributed by atoms with E-state index in [0.29, 0.717) is 5.75 Å². The number of alkyl halides is 1. The van der Waals surface area contributed by atoms with Gasteiger partial charge in [0.1, 0.15) is 0 Å². The fraction of sp³-hybridized carbons (Fsp3) is 0.333. The molecule has 0 aliphatic carbocycles. The van der Waals surface area contributed by atoms with E-state index in [4.69, 9.17) is 14.2 Å². The molecule has 0 fully saturated rings. The van der Waals surface area contributed by atoms with Crippen LogP contribution in [-0.4, -0.2) is 13.9 Å². The van der Waals surface area contributed by atoms with Gasteiger partial charge in [0.2, 0.25) is 12.5 Å². The standard InChI is InChI=1S/C9H9BrO3/c1-11-7-2-6(4-10)3-8-9(7)13-5-12-8/h2-3H,4-5H2,1H3. The van der Waals surface area contributed by atoms with Crippen LogP contribution in [0, 0.1) is 0 Å². The van der Waals surface area contributed by atoms with Crippen LogP contribution in [-0.2, 0) is 5.33 Å². The average Bonchev–Trinajstić information content (AvgIpc) is 2.63. The van der Waals surface area contributed by atoms with Gasteiger partial charge in [-0.15, -0.1) is 0 Å². The minimum absolute atomic E-state index is 0.275. The van der Waals surface area contributed by atoms with Gasteiger partial charge in [0.05, 0.1) is 7.11 Å². The molecule has 0 aromatic heterocycles. The lowest BCUT2D eigenvalue weighted by Gasteiger charge is -2.05. The summed E-state index contributed by atoms with van der Waals surface area (Å²) in [6.07, 6.45) is 0. The summed E-state index contributed by atoms with van der Waals surface area (Å²) in [5.41, 5.74) is 1.11. The Hall–Kier alpha value is -0.900. The van der Waals surface area contributed by atoms with Crippen molar-refractivity contribution in [3.05, 3.63) is 17.7 Å². The molecule has 13 heavy (non-hydrogen) atoms. The molecular weight excluding hydrogens is 236 g/mol. The van der Waals surface area contributed by atoms with Gasteiger partial charge in [-0.1, -0.05) is 15.9 Å². The molecule has 1 aliphatic rings. The fourth-order valence-corrected chi connectivity index (χ4v) is 1.58. The molecule has 0 amide bonds. The Morgan fingerprint density at radius 3 is 3.00 bits per heavy atom. The molecule has 1 aliphatic heterocycles. The van der Waals surface area contributed by atoms with Gasteiger partial charge in [-0.2, -0.15) is 0 Å². The molecule has 0 saturated carbocycles. The Kier molecular flexibility index (Phi) is 2.31. The average molecular weight is 245 g/mol. The summed E-state index contributed by atoms with van der Waals surface area (Å²) >= 11 is 3.38. The lowest BCUT2D eigenvalue weighted by molar-refractivity contribution is 0.171. The highest BCUT2D eigenvalue weighted by Crippen LogP contribution is 2.42. The zero-order chi connectivity index (χ0) is 9.26. The smallest absolute Gasteiger partial charge is 0.231 e. The molecule has 0 unspecified atom stereocenters. The van der Waals surface area contributed by atoms with Crippen molar-refractivity contribution in [1.29, 1.82) is 0 Å². The quantitative estimate of drug-likeness (QED) is 0.748. The summed E-state index contributed by atoms with van der Waals surface area (Å²) in [6.45, 7) is 0.275. The Morgan fingerprint density at radius 1 is 1.46 bits per heavy atom. The number of fused-ring (bicyclic) bond motifs is 1. The highest BCUT2D eigenvalue weighted by Gasteiger charge is 2.19. The van der Waals surface area contributed by atoms with Gasteiger partial charge in [0.15, 0.2) is 11.5 Å². The number of rotatable bonds is 2. The number of benzene rings is 1. The van der Waals surface area contributed by atoms with Crippen molar-refractivity contribution < 1.29 is 14.2 Å². The van der Waals surface area contributed by atoms with Crippen molar-refractivity contribution in [2.45, 2.75) is 5.33 Å². The largest absolute Gasteiger partial charge is 0.493 e. The van der Waals surface area contributed by atoms with Gasteiger partial charge >= 0.3 is 0 Å². The van der Waals surface area contributed by atoms with Crippen LogP contribution >= 0.6 is 15.9 Å². The topological polar surface area (TPSA) is 27.7 Å². The Morgan fingerprint density at radius 2 is 2.31 bits per heavy atom. The number of hydrogen-bond acceptors (Lipinski definition) is 3. The molecule has 0 bridgehead atoms. The predicted octanol–water partition coefficient (Wildman–Crippen LogP) is 2.32. The van der Waals surface area contributed by atoms with Gasteiger partial charge < -0.3 is 14.2 Å². The molecule has 0 saturated heterocycles. The van der Waals surface area contributed by atoms with Gasteiger partial charge in [0, 0.05) is 5.33 Å². The Bertz CT molecular complexity index is 325. The molecule has 3 nitrogen and oxygen atoms in total. The van der Waals surface area contributed by atoms with Crippen LogP contribution in [0.4, 0.5) is 0 Å². The van der Waals surface area contributed by atoms with Crippen molar-refractivity contribution in [3.8, 4) is 17.2 Å². The van der Waals surface area contributed by atoms with Crippen molar-refractivity contribution in [3.63, 3.8) is 0 Å². The summed E-state index contributed by atoms with van der Waals surface area (Å²) in [5, 5.41) is 0.778. The molecule has 70 valence electrons. The van der Waals surface area contributed by atoms with Crippen LogP contribution in [0.3, 0.4) is 0 Å². The first-order valence-electron chi connectivity index (χ1n) is 3.87. The number of halogens is 1. The summed E-state index contributed by atoms with van der Waals surface area (Å²) in [5.74, 6) is 2.19. The normalized spacial score (nSPS) is 13.1. The predicted molar refractivity (Wildman–Crippen MR) is 51.7 cm³/mol. The van der Waals surface area contributed by atoms with E-state index in [1.165, 1.54) is 0 Å². The molecule has 0 N–H and O–H groups in total. The third-order valence-corrected chi connectivity index (χ3v) is 2.52. The van der Waals surface area contributed by atoms with Crippen LogP contribution in [0.15, 0.2) is 12.1 Å². The van der Waals surface area contributed by atoms with E-state index in [1.54, 1.807) is 7.11 Å². The van der Waals surface area contributed by atoms with E-state index in [1.807, 2.05) is 12.1 Å². The molecule has 4 heteroatoms. The van der Waals surface area contributed by atoms with Gasteiger partial charge in [-0.25, -0.2) is 0 Å². The van der Waals surface area contributed by atoms with Crippen LogP contribution in [0.1, 0.15) is 5.56 Å². The maximum Gasteiger partial charge on any atom is 0.231 e. The second-order valence-electron chi connectivity index (χ2n) is 2.67. The van der Waals surface area contributed by atoms with Crippen LogP contribution in [0.5, 0.6) is 17.2 Å². The van der Waals surface area contributed by atoms with Gasteiger partial charge in [-0.05, 0) is 17.7 Å². The lowest BCUT2D eigenvalue weighted by atomic mass is 10.2. The summed E-state index contributed by atoms with van der Waals surface area (Å²) in [7, 11) is 1.62. The first-order valence-corrected chi connectivity index (χ1v) is 4.99. The van der Waals surface area contributed by atoms with Crippen molar-refractivity contribution >= 4 is 15.9 Å². The fourth-order valence-electron chi connectivity index (χ4n) is 1.26. The van der Waals surface area contributed by atoms with E-state index < -0.39 is 0 Å². The summed E-state index contributed by atoms with van der Waals surface area (Å²) in [4.78, 5) is 0. The van der Waals surface area contributed by atoms with Crippen LogP contribution in [0.25, 0.3) is 0 Å². The molecule has 0 spiro atoms. The molecular formula is C9H9BrO3. The second-order valence-corrected chi connectivity index (χ2v) is 3.23. The zero-order valence-corrected chi connectivity index (χ0v) is 8.76. The highest BCUT2D eigenvalue weighted by molar-refractivity contribution is 9.08. The molecule has 0 radical (unpaired) electrons. The monoisotopic (exact) mass is 244 g/mol. The van der Waals surface area contributed by atoms with Crippen LogP contribution in [0.2, 0.25) is 0 Å². The van der Waals surface area contributed by atoms with E-state index in [-0.39, 0.29) is 6.79 Å². The van der Waals surface area contributed by atoms with Crippen molar-refractivity contribution in [2.24, 2.45) is 0 Å². The first kappa shape index (κ1) is 8.69. The second kappa shape index (κ2) is 3.46. The molecule has 1 heterocycles. The number of hydrogen-bond donors (Lipinski definition) is 0. The molecule has 1 aromatic carbocycles. The van der Waals surface area contributed by atoms with Crippen LogP contribution < -0.4 is 14.2 Å². The highest BCUT2D eigenvalue weighted by atomic mass is 79.9. The molecule has 0 atom stereocenters. The summed E-state index contributed by atoms with van der Waals surface area (Å²) in [6, 6.07) is 3.88. The van der Waals surface area contributed by atoms with E-state index in [9.17, 15) is 0 Å². The molecule has 2 rings (SSSR count). The van der Waals surface area contributed by atoms with Gasteiger partial charge in [0.25, 0.3) is 0 Å². The minimum atomic E-state index is 0.275.